The maximum absolute atomic E-state index is 12.9. The van der Waals surface area contributed by atoms with Gasteiger partial charge in [0.15, 0.2) is 6.10 Å². The molecule has 1 aliphatic heterocycles. The second kappa shape index (κ2) is 10.7. The van der Waals surface area contributed by atoms with Crippen LogP contribution in [-0.2, 0) is 20.6 Å². The Morgan fingerprint density at radius 1 is 1.08 bits per heavy atom. The number of halogens is 2. The van der Waals surface area contributed by atoms with E-state index in [1.54, 1.807) is 41.5 Å². The molecule has 198 valence electrons. The van der Waals surface area contributed by atoms with Crippen molar-refractivity contribution < 1.29 is 37.7 Å². The lowest BCUT2D eigenvalue weighted by atomic mass is 10.00. The summed E-state index contributed by atoms with van der Waals surface area (Å²) < 4.78 is 41.9. The Hall–Kier alpha value is -2.72. The largest absolute Gasteiger partial charge is 0.509 e. The van der Waals surface area contributed by atoms with Crippen LogP contribution < -0.4 is 0 Å². The maximum Gasteiger partial charge on any atom is 0.509 e. The van der Waals surface area contributed by atoms with Gasteiger partial charge in [0.2, 0.25) is 0 Å². The molecule has 1 amide bonds. The van der Waals surface area contributed by atoms with Gasteiger partial charge in [-0.25, -0.2) is 18.4 Å². The highest BCUT2D eigenvalue weighted by Gasteiger charge is 2.47. The number of carbonyl (C=O) groups excluding carboxylic acids is 2. The predicted octanol–water partition coefficient (Wildman–Crippen LogP) is 6.20. The van der Waals surface area contributed by atoms with E-state index in [1.165, 1.54) is 27.7 Å². The van der Waals surface area contributed by atoms with Crippen LogP contribution in [0.15, 0.2) is 35.7 Å². The highest BCUT2D eigenvalue weighted by atomic mass is 32.1. The van der Waals surface area contributed by atoms with E-state index >= 15 is 0 Å². The first-order valence-corrected chi connectivity index (χ1v) is 12.5. The first-order chi connectivity index (χ1) is 16.6. The molecule has 7 nitrogen and oxygen atoms in total. The zero-order chi connectivity index (χ0) is 26.8. The first-order valence-electron chi connectivity index (χ1n) is 11.7. The van der Waals surface area contributed by atoms with Crippen LogP contribution in [0.2, 0.25) is 0 Å². The molecule has 1 aromatic heterocycles. The van der Waals surface area contributed by atoms with Crippen LogP contribution in [-0.4, -0.2) is 58.3 Å². The Kier molecular flexibility index (Phi) is 8.30. The Labute approximate surface area is 214 Å². The predicted molar refractivity (Wildman–Crippen MR) is 132 cm³/mol. The minimum atomic E-state index is -2.52. The first kappa shape index (κ1) is 27.9. The van der Waals surface area contributed by atoms with Gasteiger partial charge < -0.3 is 19.3 Å². The van der Waals surface area contributed by atoms with Gasteiger partial charge in [-0.1, -0.05) is 24.3 Å². The van der Waals surface area contributed by atoms with Crippen LogP contribution in [0.5, 0.6) is 0 Å². The molecule has 0 unspecified atom stereocenters. The lowest BCUT2D eigenvalue weighted by Gasteiger charge is -2.29. The highest BCUT2D eigenvalue weighted by molar-refractivity contribution is 7.13. The molecule has 0 spiro atoms. The van der Waals surface area contributed by atoms with E-state index in [0.717, 1.165) is 16.0 Å². The van der Waals surface area contributed by atoms with E-state index in [-0.39, 0.29) is 18.5 Å². The molecular weight excluding hydrogens is 492 g/mol. The van der Waals surface area contributed by atoms with E-state index in [2.05, 4.69) is 0 Å². The number of nitrogens with zero attached hydrogens (tertiary/aromatic N) is 1. The van der Waals surface area contributed by atoms with Gasteiger partial charge in [-0.3, -0.25) is 4.90 Å². The lowest BCUT2D eigenvalue weighted by Crippen LogP contribution is -2.43. The smallest absolute Gasteiger partial charge is 0.444 e. The molecule has 3 atom stereocenters. The molecule has 3 rings (SSSR count). The number of amides is 1. The quantitative estimate of drug-likeness (QED) is 0.468. The summed E-state index contributed by atoms with van der Waals surface area (Å²) in [6.45, 7) is 10.3. The standard InChI is InChI=1S/C26H33F2NO6S/c1-25(2,3)34-23(31)29-13-19(33-24(32)35-26(4,5)6)21(30)18(29)11-15-7-9-16(10-8-15)20-12-17(14-36-20)22(27)28/h7-10,12,14,18-19,21-22,30H,11,13H2,1-6H3/t18-,19+,21+/m1/s1. The number of rotatable bonds is 5. The lowest BCUT2D eigenvalue weighted by molar-refractivity contribution is -0.0486. The topological polar surface area (TPSA) is 85.3 Å². The number of aliphatic hydroxyl groups excluding tert-OH is 1. The molecule has 1 aliphatic rings. The summed E-state index contributed by atoms with van der Waals surface area (Å²) in [5.74, 6) is 0. The Bertz CT molecular complexity index is 1060. The molecule has 0 saturated carbocycles. The van der Waals surface area contributed by atoms with E-state index < -0.39 is 48.1 Å². The molecule has 0 bridgehead atoms. The fourth-order valence-electron chi connectivity index (χ4n) is 3.80. The number of benzene rings is 1. The number of carbonyl (C=O) groups is 2. The van der Waals surface area contributed by atoms with Gasteiger partial charge in [0.05, 0.1) is 12.6 Å². The van der Waals surface area contributed by atoms with Crippen molar-refractivity contribution in [1.29, 1.82) is 0 Å². The van der Waals surface area contributed by atoms with E-state index in [9.17, 15) is 23.5 Å². The summed E-state index contributed by atoms with van der Waals surface area (Å²) in [4.78, 5) is 27.2. The summed E-state index contributed by atoms with van der Waals surface area (Å²) in [6, 6.07) is 8.01. The van der Waals surface area contributed by atoms with Crippen molar-refractivity contribution in [2.75, 3.05) is 6.54 Å². The van der Waals surface area contributed by atoms with Crippen LogP contribution in [0.25, 0.3) is 10.4 Å². The molecule has 1 fully saturated rings. The number of hydrogen-bond acceptors (Lipinski definition) is 7. The Morgan fingerprint density at radius 3 is 2.22 bits per heavy atom. The van der Waals surface area contributed by atoms with E-state index in [1.807, 2.05) is 24.3 Å². The van der Waals surface area contributed by atoms with Crippen molar-refractivity contribution in [3.63, 3.8) is 0 Å². The Balaban J connectivity index is 1.77. The molecule has 2 aromatic rings. The number of ether oxygens (including phenoxy) is 3. The van der Waals surface area contributed by atoms with Gasteiger partial charge in [0.25, 0.3) is 6.43 Å². The second-order valence-corrected chi connectivity index (χ2v) is 11.7. The molecule has 0 radical (unpaired) electrons. The maximum atomic E-state index is 12.9. The van der Waals surface area contributed by atoms with E-state index in [0.29, 0.717) is 0 Å². The SMILES string of the molecule is CC(C)(C)OC(=O)O[C@H]1CN(C(=O)OC(C)(C)C)[C@H](Cc2ccc(-c3cc(C(F)F)cs3)cc2)[C@@H]1O. The molecule has 1 aromatic carbocycles. The van der Waals surface area contributed by atoms with Gasteiger partial charge in [-0.15, -0.1) is 11.3 Å². The summed E-state index contributed by atoms with van der Waals surface area (Å²) >= 11 is 1.24. The average molecular weight is 526 g/mol. The van der Waals surface area contributed by atoms with Crippen molar-refractivity contribution >= 4 is 23.6 Å². The third kappa shape index (κ3) is 7.39. The van der Waals surface area contributed by atoms with Gasteiger partial charge in [-0.05, 0) is 65.2 Å². The number of likely N-dealkylation sites (tertiary alicyclic amines) is 1. The van der Waals surface area contributed by atoms with Crippen molar-refractivity contribution in [2.24, 2.45) is 0 Å². The van der Waals surface area contributed by atoms with E-state index in [4.69, 9.17) is 14.2 Å². The van der Waals surface area contributed by atoms with Crippen LogP contribution in [0.3, 0.4) is 0 Å². The number of thiophene rings is 1. The minimum absolute atomic E-state index is 0.0165. The fraction of sp³-hybridized carbons (Fsp3) is 0.538. The summed E-state index contributed by atoms with van der Waals surface area (Å²) in [5.41, 5.74) is 0.0522. The van der Waals surface area contributed by atoms with Gasteiger partial charge in [-0.2, -0.15) is 0 Å². The van der Waals surface area contributed by atoms with Crippen LogP contribution in [0.4, 0.5) is 18.4 Å². The monoisotopic (exact) mass is 525 g/mol. The molecule has 10 heteroatoms. The number of alkyl halides is 2. The van der Waals surface area contributed by atoms with Crippen molar-refractivity contribution in [3.8, 4) is 10.4 Å². The molecule has 0 aliphatic carbocycles. The third-order valence-corrected chi connectivity index (χ3v) is 6.37. The molecule has 36 heavy (non-hydrogen) atoms. The second-order valence-electron chi connectivity index (χ2n) is 10.8. The third-order valence-electron chi connectivity index (χ3n) is 5.37. The Morgan fingerprint density at radius 2 is 1.69 bits per heavy atom. The van der Waals surface area contributed by atoms with Gasteiger partial charge >= 0.3 is 12.2 Å². The molecule has 1 saturated heterocycles. The molecule has 2 heterocycles. The summed E-state index contributed by atoms with van der Waals surface area (Å²) in [7, 11) is 0. The minimum Gasteiger partial charge on any atom is -0.444 e. The van der Waals surface area contributed by atoms with Gasteiger partial charge in [0, 0.05) is 15.8 Å². The fourth-order valence-corrected chi connectivity index (χ4v) is 4.71. The van der Waals surface area contributed by atoms with Crippen molar-refractivity contribution in [1.82, 2.24) is 4.90 Å². The zero-order valence-electron chi connectivity index (χ0n) is 21.3. The zero-order valence-corrected chi connectivity index (χ0v) is 22.1. The van der Waals surface area contributed by atoms with Crippen molar-refractivity contribution in [3.05, 3.63) is 46.8 Å². The molecular formula is C26H33F2NO6S. The summed E-state index contributed by atoms with van der Waals surface area (Å²) in [6.07, 6.45) is -5.97. The number of hydrogen-bond donors (Lipinski definition) is 1. The van der Waals surface area contributed by atoms with Crippen LogP contribution >= 0.6 is 11.3 Å². The average Bonchev–Trinajstić information content (AvgIpc) is 3.33. The van der Waals surface area contributed by atoms with Gasteiger partial charge in [0.1, 0.15) is 17.3 Å². The van der Waals surface area contributed by atoms with Crippen LogP contribution in [0.1, 0.15) is 59.1 Å². The summed E-state index contributed by atoms with van der Waals surface area (Å²) in [5, 5.41) is 12.4. The van der Waals surface area contributed by atoms with Crippen molar-refractivity contribution in [2.45, 2.75) is 83.8 Å². The normalized spacial score (nSPS) is 20.5. The van der Waals surface area contributed by atoms with Crippen LogP contribution in [0, 0.1) is 0 Å². The molecule has 1 N–H and O–H groups in total. The highest BCUT2D eigenvalue weighted by Crippen LogP contribution is 2.33. The number of aliphatic hydroxyl groups is 1.